The number of fused-ring (bicyclic) bond motifs is 2. The molecule has 0 aromatic heterocycles. The van der Waals surface area contributed by atoms with Gasteiger partial charge in [-0.15, -0.1) is 0 Å². The predicted octanol–water partition coefficient (Wildman–Crippen LogP) is 4.81. The number of carboxylic acids is 1. The Hall–Kier alpha value is -3.55. The van der Waals surface area contributed by atoms with Crippen LogP contribution in [0.1, 0.15) is 56.6 Å². The van der Waals surface area contributed by atoms with E-state index in [1.165, 1.54) is 0 Å². The van der Waals surface area contributed by atoms with Crippen molar-refractivity contribution in [3.63, 3.8) is 0 Å². The van der Waals surface area contributed by atoms with Gasteiger partial charge in [0.25, 0.3) is 0 Å². The molecule has 0 radical (unpaired) electrons. The van der Waals surface area contributed by atoms with Gasteiger partial charge in [-0.3, -0.25) is 14.5 Å². The number of carbonyl (C=O) groups excluding carboxylic acids is 2. The normalized spacial score (nSPS) is 22.7. The van der Waals surface area contributed by atoms with E-state index in [-0.39, 0.29) is 48.8 Å². The minimum atomic E-state index is -0.962. The number of aliphatic carboxylic acids is 1. The highest BCUT2D eigenvalue weighted by Crippen LogP contribution is 2.52. The number of anilines is 2. The Balaban J connectivity index is 1.51. The fourth-order valence-corrected chi connectivity index (χ4v) is 5.85. The quantitative estimate of drug-likeness (QED) is 0.596. The summed E-state index contributed by atoms with van der Waals surface area (Å²) in [6.07, 6.45) is 4.45. The Morgan fingerprint density at radius 3 is 2.51 bits per heavy atom. The molecule has 2 aromatic rings. The second-order valence-corrected chi connectivity index (χ2v) is 9.59. The largest absolute Gasteiger partial charge is 0.495 e. The number of methoxy groups -OCH3 is 1. The van der Waals surface area contributed by atoms with E-state index in [0.717, 1.165) is 43.4 Å². The molecule has 2 fully saturated rings. The minimum Gasteiger partial charge on any atom is -0.495 e. The zero-order chi connectivity index (χ0) is 24.5. The van der Waals surface area contributed by atoms with Gasteiger partial charge in [-0.25, -0.2) is 4.79 Å². The lowest BCUT2D eigenvalue weighted by Gasteiger charge is -2.47. The van der Waals surface area contributed by atoms with Crippen LogP contribution in [0.5, 0.6) is 5.75 Å². The van der Waals surface area contributed by atoms with Gasteiger partial charge >= 0.3 is 12.0 Å². The van der Waals surface area contributed by atoms with Crippen LogP contribution in [0, 0.1) is 5.92 Å². The fraction of sp³-hybridized carbons (Fsp3) is 0.444. The van der Waals surface area contributed by atoms with Crippen LogP contribution in [0.4, 0.5) is 16.2 Å². The van der Waals surface area contributed by atoms with Crippen LogP contribution >= 0.6 is 0 Å². The van der Waals surface area contributed by atoms with E-state index in [1.54, 1.807) is 7.11 Å². The van der Waals surface area contributed by atoms with Crippen molar-refractivity contribution in [1.29, 1.82) is 0 Å². The number of para-hydroxylation sites is 3. The summed E-state index contributed by atoms with van der Waals surface area (Å²) >= 11 is 0. The van der Waals surface area contributed by atoms with Crippen LogP contribution in [-0.2, 0) is 9.59 Å². The van der Waals surface area contributed by atoms with Crippen LogP contribution in [0.3, 0.4) is 0 Å². The first-order chi connectivity index (χ1) is 17.0. The summed E-state index contributed by atoms with van der Waals surface area (Å²) in [7, 11) is 1.58. The van der Waals surface area contributed by atoms with Gasteiger partial charge in [0.2, 0.25) is 5.91 Å². The zero-order valence-electron chi connectivity index (χ0n) is 19.9. The third-order valence-corrected chi connectivity index (χ3v) is 7.43. The number of nitrogens with zero attached hydrogens (tertiary/aromatic N) is 2. The standard InChI is InChI=1S/C27H31N3O5/c1-35-23-12-5-3-9-20(23)28-27(34)30-21-10-4-2-7-18(21)26(19-8-6-11-22(19)30)29(17-13-14-17)24(31)15-16-25(32)33/h2-5,7,9-10,12,17,19,22,26H,6,8,11,13-16H2,1H3,(H,28,34)(H,32,33). The molecule has 8 nitrogen and oxygen atoms in total. The van der Waals surface area contributed by atoms with Crippen molar-refractivity contribution in [2.24, 2.45) is 5.92 Å². The van der Waals surface area contributed by atoms with E-state index in [9.17, 15) is 14.4 Å². The third-order valence-electron chi connectivity index (χ3n) is 7.43. The highest BCUT2D eigenvalue weighted by molar-refractivity contribution is 6.04. The molecular formula is C27H31N3O5. The van der Waals surface area contributed by atoms with E-state index in [2.05, 4.69) is 5.32 Å². The van der Waals surface area contributed by atoms with Gasteiger partial charge in [0.05, 0.1) is 30.9 Å². The Labute approximate surface area is 204 Å². The number of amides is 3. The molecule has 2 saturated carbocycles. The van der Waals surface area contributed by atoms with Crippen molar-refractivity contribution in [1.82, 2.24) is 4.90 Å². The number of hydrogen-bond donors (Lipinski definition) is 2. The summed E-state index contributed by atoms with van der Waals surface area (Å²) in [5.41, 5.74) is 2.38. The van der Waals surface area contributed by atoms with E-state index in [4.69, 9.17) is 9.84 Å². The lowest BCUT2D eigenvalue weighted by atomic mass is 9.81. The molecule has 1 heterocycles. The average Bonchev–Trinajstić information content (AvgIpc) is 3.58. The van der Waals surface area contributed by atoms with Crippen molar-refractivity contribution in [2.75, 3.05) is 17.3 Å². The second-order valence-electron chi connectivity index (χ2n) is 9.59. The maximum absolute atomic E-state index is 13.7. The molecule has 0 spiro atoms. The number of benzene rings is 2. The van der Waals surface area contributed by atoms with Gasteiger partial charge in [-0.2, -0.15) is 0 Å². The fourth-order valence-electron chi connectivity index (χ4n) is 5.85. The van der Waals surface area contributed by atoms with E-state index in [1.807, 2.05) is 58.3 Å². The van der Waals surface area contributed by atoms with Crippen LogP contribution in [-0.4, -0.2) is 47.1 Å². The number of carbonyl (C=O) groups is 3. The van der Waals surface area contributed by atoms with Crippen LogP contribution in [0.15, 0.2) is 48.5 Å². The van der Waals surface area contributed by atoms with Gasteiger partial charge in [0, 0.05) is 24.4 Å². The van der Waals surface area contributed by atoms with E-state index >= 15 is 0 Å². The lowest BCUT2D eigenvalue weighted by molar-refractivity contribution is -0.142. The molecule has 2 aliphatic carbocycles. The molecule has 3 atom stereocenters. The molecule has 3 aliphatic rings. The molecule has 5 rings (SSSR count). The smallest absolute Gasteiger partial charge is 0.326 e. The third kappa shape index (κ3) is 4.45. The molecule has 35 heavy (non-hydrogen) atoms. The van der Waals surface area contributed by atoms with E-state index in [0.29, 0.717) is 11.4 Å². The number of urea groups is 1. The number of nitrogens with one attached hydrogen (secondary N) is 1. The number of hydrogen-bond acceptors (Lipinski definition) is 4. The second kappa shape index (κ2) is 9.60. The highest BCUT2D eigenvalue weighted by Gasteiger charge is 2.51. The molecule has 184 valence electrons. The summed E-state index contributed by atoms with van der Waals surface area (Å²) in [5.74, 6) is -0.373. The first kappa shape index (κ1) is 23.2. The van der Waals surface area contributed by atoms with Gasteiger partial charge in [0.15, 0.2) is 0 Å². The molecule has 3 unspecified atom stereocenters. The molecule has 1 aliphatic heterocycles. The Morgan fingerprint density at radius 2 is 1.77 bits per heavy atom. The molecular weight excluding hydrogens is 446 g/mol. The maximum atomic E-state index is 13.7. The molecule has 3 amide bonds. The number of ether oxygens (including phenoxy) is 1. The summed E-state index contributed by atoms with van der Waals surface area (Å²) in [6.45, 7) is 0. The first-order valence-corrected chi connectivity index (χ1v) is 12.3. The summed E-state index contributed by atoms with van der Waals surface area (Å²) in [5, 5.41) is 12.2. The van der Waals surface area contributed by atoms with Crippen molar-refractivity contribution < 1.29 is 24.2 Å². The van der Waals surface area contributed by atoms with Crippen molar-refractivity contribution in [2.45, 2.75) is 63.1 Å². The van der Waals surface area contributed by atoms with E-state index < -0.39 is 5.97 Å². The Kier molecular flexibility index (Phi) is 6.36. The number of carboxylic acid groups (broad SMARTS) is 1. The molecule has 0 bridgehead atoms. The summed E-state index contributed by atoms with van der Waals surface area (Å²) in [4.78, 5) is 42.0. The maximum Gasteiger partial charge on any atom is 0.326 e. The van der Waals surface area contributed by atoms with Crippen LogP contribution < -0.4 is 15.0 Å². The zero-order valence-corrected chi connectivity index (χ0v) is 19.9. The summed E-state index contributed by atoms with van der Waals surface area (Å²) < 4.78 is 5.42. The molecule has 0 saturated heterocycles. The average molecular weight is 478 g/mol. The van der Waals surface area contributed by atoms with Gasteiger partial charge in [0.1, 0.15) is 5.75 Å². The Morgan fingerprint density at radius 1 is 1.03 bits per heavy atom. The van der Waals surface area contributed by atoms with Crippen molar-refractivity contribution in [3.05, 3.63) is 54.1 Å². The predicted molar refractivity (Wildman–Crippen MR) is 132 cm³/mol. The van der Waals surface area contributed by atoms with Gasteiger partial charge < -0.3 is 20.1 Å². The van der Waals surface area contributed by atoms with Crippen molar-refractivity contribution >= 4 is 29.3 Å². The SMILES string of the molecule is COc1ccccc1NC(=O)N1c2ccccc2C(N(C(=O)CCC(=O)O)C2CC2)C2CCCC21. The number of rotatable bonds is 7. The van der Waals surface area contributed by atoms with Gasteiger partial charge in [-0.1, -0.05) is 36.8 Å². The summed E-state index contributed by atoms with van der Waals surface area (Å²) in [6, 6.07) is 14.9. The molecule has 2 aromatic carbocycles. The Bertz CT molecular complexity index is 1130. The lowest BCUT2D eigenvalue weighted by Crippen LogP contribution is -2.54. The van der Waals surface area contributed by atoms with Crippen molar-refractivity contribution in [3.8, 4) is 5.75 Å². The van der Waals surface area contributed by atoms with Crippen LogP contribution in [0.25, 0.3) is 0 Å². The minimum absolute atomic E-state index is 0.000110. The monoisotopic (exact) mass is 477 g/mol. The molecule has 2 N–H and O–H groups in total. The topological polar surface area (TPSA) is 99.2 Å². The van der Waals surface area contributed by atoms with Gasteiger partial charge in [-0.05, 0) is 49.4 Å². The first-order valence-electron chi connectivity index (χ1n) is 12.3. The molecule has 8 heteroatoms. The highest BCUT2D eigenvalue weighted by atomic mass is 16.5. The van der Waals surface area contributed by atoms with Crippen LogP contribution in [0.2, 0.25) is 0 Å².